The first kappa shape index (κ1) is 14.2. The minimum Gasteiger partial charge on any atom is -0.310 e. The van der Waals surface area contributed by atoms with Crippen LogP contribution in [0, 0.1) is 12.7 Å². The molecule has 2 aromatic rings. The lowest BCUT2D eigenvalue weighted by atomic mass is 10.0. The molecule has 1 N–H and O–H groups in total. The Kier molecular flexibility index (Phi) is 5.11. The molecule has 0 amide bonds. The van der Waals surface area contributed by atoms with Gasteiger partial charge in [0.25, 0.3) is 0 Å². The van der Waals surface area contributed by atoms with Gasteiger partial charge in [0.1, 0.15) is 5.82 Å². The topological polar surface area (TPSA) is 12.0 Å². The van der Waals surface area contributed by atoms with Crippen LogP contribution in [-0.2, 0) is 6.42 Å². The van der Waals surface area contributed by atoms with E-state index < -0.39 is 0 Å². The average molecular weight is 277 g/mol. The highest BCUT2D eigenvalue weighted by Crippen LogP contribution is 2.23. The summed E-state index contributed by atoms with van der Waals surface area (Å²) in [6.07, 6.45) is 2.01. The minimum atomic E-state index is -0.173. The number of nitrogens with one attached hydrogen (secondary N) is 1. The lowest BCUT2D eigenvalue weighted by Gasteiger charge is -2.17. The Bertz CT molecular complexity index is 504. The molecule has 1 unspecified atom stereocenters. The Balaban J connectivity index is 2.11. The molecule has 0 spiro atoms. The van der Waals surface area contributed by atoms with E-state index in [1.54, 1.807) is 11.3 Å². The Labute approximate surface area is 118 Å². The second kappa shape index (κ2) is 6.83. The summed E-state index contributed by atoms with van der Waals surface area (Å²) in [5.41, 5.74) is 2.50. The van der Waals surface area contributed by atoms with E-state index >= 15 is 0 Å². The second-order valence-corrected chi connectivity index (χ2v) is 5.94. The molecule has 1 atom stereocenters. The molecule has 0 aliphatic carbocycles. The molecule has 19 heavy (non-hydrogen) atoms. The van der Waals surface area contributed by atoms with Gasteiger partial charge < -0.3 is 5.32 Å². The third-order valence-corrected chi connectivity index (χ3v) is 4.03. The van der Waals surface area contributed by atoms with Crippen molar-refractivity contribution in [2.75, 3.05) is 6.54 Å². The molecule has 0 saturated heterocycles. The maximum atomic E-state index is 12.9. The minimum absolute atomic E-state index is 0.173. The average Bonchev–Trinajstić information content (AvgIpc) is 2.83. The molecule has 0 saturated carbocycles. The Morgan fingerprint density at radius 1 is 1.26 bits per heavy atom. The summed E-state index contributed by atoms with van der Waals surface area (Å²) in [5, 5.41) is 5.79. The predicted molar refractivity (Wildman–Crippen MR) is 80.2 cm³/mol. The fourth-order valence-electron chi connectivity index (χ4n) is 2.13. The van der Waals surface area contributed by atoms with Crippen LogP contribution < -0.4 is 5.32 Å². The molecule has 1 aromatic heterocycles. The van der Waals surface area contributed by atoms with Gasteiger partial charge in [-0.25, -0.2) is 4.39 Å². The van der Waals surface area contributed by atoms with E-state index in [9.17, 15) is 4.39 Å². The number of thiophene rings is 1. The van der Waals surface area contributed by atoms with Crippen molar-refractivity contribution in [3.63, 3.8) is 0 Å². The van der Waals surface area contributed by atoms with E-state index in [1.165, 1.54) is 28.1 Å². The highest BCUT2D eigenvalue weighted by atomic mass is 32.1. The molecule has 1 aromatic carbocycles. The Morgan fingerprint density at radius 3 is 2.58 bits per heavy atom. The quantitative estimate of drug-likeness (QED) is 0.821. The van der Waals surface area contributed by atoms with Crippen LogP contribution in [0.1, 0.15) is 35.4 Å². The van der Waals surface area contributed by atoms with Crippen LogP contribution in [0.2, 0.25) is 0 Å². The number of rotatable bonds is 6. The first-order valence-corrected chi connectivity index (χ1v) is 7.60. The summed E-state index contributed by atoms with van der Waals surface area (Å²) in [5.74, 6) is -0.173. The summed E-state index contributed by atoms with van der Waals surface area (Å²) in [7, 11) is 0. The smallest absolute Gasteiger partial charge is 0.123 e. The number of benzene rings is 1. The number of aryl methyl sites for hydroxylation is 1. The highest BCUT2D eigenvalue weighted by molar-refractivity contribution is 7.10. The number of hydrogen-bond acceptors (Lipinski definition) is 2. The van der Waals surface area contributed by atoms with Crippen molar-refractivity contribution in [2.45, 2.75) is 32.7 Å². The molecular formula is C16H20FNS. The summed E-state index contributed by atoms with van der Waals surface area (Å²) in [6, 6.07) is 9.36. The highest BCUT2D eigenvalue weighted by Gasteiger charge is 2.12. The molecule has 3 heteroatoms. The fraction of sp³-hybridized carbons (Fsp3) is 0.375. The summed E-state index contributed by atoms with van der Waals surface area (Å²) in [6.45, 7) is 5.30. The van der Waals surface area contributed by atoms with Gasteiger partial charge in [-0.3, -0.25) is 0 Å². The van der Waals surface area contributed by atoms with Crippen molar-refractivity contribution in [3.8, 4) is 0 Å². The largest absolute Gasteiger partial charge is 0.310 e. The number of hydrogen-bond donors (Lipinski definition) is 1. The van der Waals surface area contributed by atoms with Gasteiger partial charge in [-0.2, -0.15) is 0 Å². The normalized spacial score (nSPS) is 12.6. The van der Waals surface area contributed by atoms with Crippen LogP contribution in [0.15, 0.2) is 35.7 Å². The summed E-state index contributed by atoms with van der Waals surface area (Å²) >= 11 is 1.78. The van der Waals surface area contributed by atoms with Crippen LogP contribution in [0.3, 0.4) is 0 Å². The molecule has 0 aliphatic rings. The van der Waals surface area contributed by atoms with Gasteiger partial charge in [0.05, 0.1) is 0 Å². The van der Waals surface area contributed by atoms with E-state index in [1.807, 2.05) is 12.1 Å². The first-order valence-electron chi connectivity index (χ1n) is 6.72. The predicted octanol–water partition coefficient (Wildman–Crippen LogP) is 4.48. The molecular weight excluding hydrogens is 257 g/mol. The van der Waals surface area contributed by atoms with Gasteiger partial charge in [0.2, 0.25) is 0 Å². The molecule has 102 valence electrons. The van der Waals surface area contributed by atoms with Crippen LogP contribution in [0.5, 0.6) is 0 Å². The molecule has 2 rings (SSSR count). The Hall–Kier alpha value is -1.19. The molecule has 0 fully saturated rings. The van der Waals surface area contributed by atoms with Crippen LogP contribution >= 0.6 is 11.3 Å². The van der Waals surface area contributed by atoms with E-state index in [4.69, 9.17) is 0 Å². The summed E-state index contributed by atoms with van der Waals surface area (Å²) < 4.78 is 12.9. The van der Waals surface area contributed by atoms with Gasteiger partial charge in [-0.1, -0.05) is 19.1 Å². The standard InChI is InChI=1S/C16H20FNS/c1-3-8-18-16(14-9-12(2)19-11-14)10-13-4-6-15(17)7-5-13/h4-7,9,11,16,18H,3,8,10H2,1-2H3. The van der Waals surface area contributed by atoms with E-state index in [-0.39, 0.29) is 5.82 Å². The maximum absolute atomic E-state index is 12.9. The van der Waals surface area contributed by atoms with Crippen molar-refractivity contribution in [1.29, 1.82) is 0 Å². The van der Waals surface area contributed by atoms with Crippen LogP contribution in [0.25, 0.3) is 0 Å². The van der Waals surface area contributed by atoms with Crippen molar-refractivity contribution in [1.82, 2.24) is 5.32 Å². The monoisotopic (exact) mass is 277 g/mol. The zero-order valence-corrected chi connectivity index (χ0v) is 12.3. The second-order valence-electron chi connectivity index (χ2n) is 4.83. The van der Waals surface area contributed by atoms with Crippen molar-refractivity contribution < 1.29 is 4.39 Å². The van der Waals surface area contributed by atoms with Gasteiger partial charge in [-0.15, -0.1) is 11.3 Å². The summed E-state index contributed by atoms with van der Waals surface area (Å²) in [4.78, 5) is 1.33. The first-order chi connectivity index (χ1) is 9.19. The molecule has 1 nitrogen and oxygen atoms in total. The van der Waals surface area contributed by atoms with Crippen molar-refractivity contribution in [2.24, 2.45) is 0 Å². The third kappa shape index (κ3) is 4.15. The maximum Gasteiger partial charge on any atom is 0.123 e. The lowest BCUT2D eigenvalue weighted by Crippen LogP contribution is -2.23. The van der Waals surface area contributed by atoms with Gasteiger partial charge in [-0.05, 0) is 61.0 Å². The van der Waals surface area contributed by atoms with Gasteiger partial charge >= 0.3 is 0 Å². The molecule has 0 aliphatic heterocycles. The van der Waals surface area contributed by atoms with Gasteiger partial charge in [0.15, 0.2) is 0 Å². The molecule has 1 heterocycles. The van der Waals surface area contributed by atoms with E-state index in [2.05, 4.69) is 30.6 Å². The van der Waals surface area contributed by atoms with Crippen LogP contribution in [0.4, 0.5) is 4.39 Å². The Morgan fingerprint density at radius 2 is 2.00 bits per heavy atom. The molecule has 0 radical (unpaired) electrons. The SMILES string of the molecule is CCCNC(Cc1ccc(F)cc1)c1csc(C)c1. The van der Waals surface area contributed by atoms with Gasteiger partial charge in [0, 0.05) is 10.9 Å². The lowest BCUT2D eigenvalue weighted by molar-refractivity contribution is 0.529. The van der Waals surface area contributed by atoms with E-state index in [0.29, 0.717) is 6.04 Å². The van der Waals surface area contributed by atoms with Crippen molar-refractivity contribution in [3.05, 3.63) is 57.5 Å². The fourth-order valence-corrected chi connectivity index (χ4v) is 2.89. The van der Waals surface area contributed by atoms with Crippen LogP contribution in [-0.4, -0.2) is 6.54 Å². The third-order valence-electron chi connectivity index (χ3n) is 3.15. The van der Waals surface area contributed by atoms with Crippen molar-refractivity contribution >= 4 is 11.3 Å². The van der Waals surface area contributed by atoms with E-state index in [0.717, 1.165) is 19.4 Å². The zero-order chi connectivity index (χ0) is 13.7. The molecule has 0 bridgehead atoms. The zero-order valence-electron chi connectivity index (χ0n) is 11.4. The number of halogens is 1.